The van der Waals surface area contributed by atoms with Crippen molar-refractivity contribution >= 4 is 5.97 Å². The van der Waals surface area contributed by atoms with Gasteiger partial charge in [0.25, 0.3) is 0 Å². The minimum atomic E-state index is -0.155. The molecule has 0 amide bonds. The summed E-state index contributed by atoms with van der Waals surface area (Å²) in [5.74, 6) is -0.155. The molecule has 0 unspecified atom stereocenters. The Kier molecular flexibility index (Phi) is 20.1. The van der Waals surface area contributed by atoms with E-state index in [9.17, 15) is 4.79 Å². The van der Waals surface area contributed by atoms with E-state index < -0.39 is 0 Å². The smallest absolute Gasteiger partial charge is 0.307 e. The second-order valence-corrected chi connectivity index (χ2v) is 9.73. The van der Waals surface area contributed by atoms with Crippen LogP contribution in [-0.2, 0) is 23.7 Å². The maximum absolute atomic E-state index is 11.7. The normalized spacial score (nSPS) is 18.3. The van der Waals surface area contributed by atoms with Gasteiger partial charge in [-0.25, -0.2) is 0 Å². The van der Waals surface area contributed by atoms with Gasteiger partial charge in [0.2, 0.25) is 0 Å². The third-order valence-corrected chi connectivity index (χ3v) is 6.14. The zero-order chi connectivity index (χ0) is 24.0. The average Bonchev–Trinajstić information content (AvgIpc) is 3.26. The number of unbranched alkanes of at least 4 members (excludes halogenated alkanes) is 11. The van der Waals surface area contributed by atoms with E-state index >= 15 is 0 Å². The van der Waals surface area contributed by atoms with Gasteiger partial charge in [-0.3, -0.25) is 4.79 Å². The first-order valence-corrected chi connectivity index (χ1v) is 13.8. The Bertz CT molecular complexity index is 446. The fraction of sp³-hybridized carbons (Fsp3) is 0.963. The molecule has 0 aromatic carbocycles. The van der Waals surface area contributed by atoms with Crippen molar-refractivity contribution in [1.29, 1.82) is 0 Å². The molecule has 6 nitrogen and oxygen atoms in total. The Morgan fingerprint density at radius 1 is 0.818 bits per heavy atom. The van der Waals surface area contributed by atoms with Gasteiger partial charge in [0.05, 0.1) is 12.5 Å². The molecular formula is C27H53NO5. The van der Waals surface area contributed by atoms with Crippen molar-refractivity contribution in [3.8, 4) is 0 Å². The molecule has 0 spiro atoms. The van der Waals surface area contributed by atoms with E-state index in [4.69, 9.17) is 18.9 Å². The molecule has 1 rings (SSSR count). The molecule has 0 saturated carbocycles. The average molecular weight is 472 g/mol. The summed E-state index contributed by atoms with van der Waals surface area (Å²) in [6.07, 6.45) is 18.7. The fourth-order valence-electron chi connectivity index (χ4n) is 3.98. The summed E-state index contributed by atoms with van der Waals surface area (Å²) in [6, 6.07) is 0. The first-order chi connectivity index (χ1) is 16.1. The standard InChI is InChI=1S/C27H53NO5/c1-4-5-6-7-11-14-21-30-22-15-12-9-8-10-13-16-23-31-27-18-17-25(33-27)24-32-26(29)19-20-28(2)3/h25,27H,4-24H2,1-3H3/t25-,27+/m0/s1. The topological polar surface area (TPSA) is 57.2 Å². The van der Waals surface area contributed by atoms with Gasteiger partial charge in [-0.05, 0) is 39.8 Å². The Balaban J connectivity index is 1.79. The van der Waals surface area contributed by atoms with Crippen molar-refractivity contribution < 1.29 is 23.7 Å². The van der Waals surface area contributed by atoms with E-state index in [0.29, 0.717) is 19.6 Å². The largest absolute Gasteiger partial charge is 0.463 e. The van der Waals surface area contributed by atoms with Crippen LogP contribution in [0.25, 0.3) is 0 Å². The first kappa shape index (κ1) is 30.3. The van der Waals surface area contributed by atoms with E-state index in [1.54, 1.807) is 0 Å². The molecule has 0 bridgehead atoms. The molecule has 6 heteroatoms. The molecule has 196 valence electrons. The highest BCUT2D eigenvalue weighted by molar-refractivity contribution is 5.69. The lowest BCUT2D eigenvalue weighted by molar-refractivity contribution is -0.160. The molecule has 33 heavy (non-hydrogen) atoms. The van der Waals surface area contributed by atoms with Gasteiger partial charge in [-0.1, -0.05) is 71.1 Å². The summed E-state index contributed by atoms with van der Waals surface area (Å²) in [5.41, 5.74) is 0. The van der Waals surface area contributed by atoms with Crippen LogP contribution in [0.15, 0.2) is 0 Å². The zero-order valence-electron chi connectivity index (χ0n) is 22.0. The lowest BCUT2D eigenvalue weighted by Crippen LogP contribution is -2.23. The number of hydrogen-bond acceptors (Lipinski definition) is 6. The van der Waals surface area contributed by atoms with Crippen LogP contribution >= 0.6 is 0 Å². The number of carbonyl (C=O) groups excluding carboxylic acids is 1. The van der Waals surface area contributed by atoms with E-state index in [1.165, 1.54) is 77.0 Å². The highest BCUT2D eigenvalue weighted by Crippen LogP contribution is 2.21. The zero-order valence-corrected chi connectivity index (χ0v) is 22.0. The highest BCUT2D eigenvalue weighted by Gasteiger charge is 2.26. The van der Waals surface area contributed by atoms with E-state index in [-0.39, 0.29) is 18.4 Å². The minimum absolute atomic E-state index is 0.0203. The molecule has 1 saturated heterocycles. The number of carbonyl (C=O) groups is 1. The van der Waals surface area contributed by atoms with Gasteiger partial charge >= 0.3 is 5.97 Å². The predicted octanol–water partition coefficient (Wildman–Crippen LogP) is 6.11. The molecule has 1 aliphatic heterocycles. The van der Waals surface area contributed by atoms with E-state index in [0.717, 1.165) is 39.1 Å². The summed E-state index contributed by atoms with van der Waals surface area (Å²) < 4.78 is 22.8. The van der Waals surface area contributed by atoms with Gasteiger partial charge in [0.15, 0.2) is 6.29 Å². The fourth-order valence-corrected chi connectivity index (χ4v) is 3.98. The lowest BCUT2D eigenvalue weighted by Gasteiger charge is -2.15. The number of hydrogen-bond donors (Lipinski definition) is 0. The van der Waals surface area contributed by atoms with Crippen molar-refractivity contribution in [2.24, 2.45) is 0 Å². The van der Waals surface area contributed by atoms with Gasteiger partial charge in [-0.2, -0.15) is 0 Å². The van der Waals surface area contributed by atoms with Crippen molar-refractivity contribution in [3.05, 3.63) is 0 Å². The number of rotatable bonds is 23. The second kappa shape index (κ2) is 21.8. The lowest BCUT2D eigenvalue weighted by atomic mass is 10.1. The van der Waals surface area contributed by atoms with Crippen molar-refractivity contribution in [1.82, 2.24) is 4.90 Å². The molecule has 0 aliphatic carbocycles. The van der Waals surface area contributed by atoms with Crippen LogP contribution in [-0.4, -0.2) is 70.3 Å². The summed E-state index contributed by atoms with van der Waals surface area (Å²) in [5, 5.41) is 0. The maximum atomic E-state index is 11.7. The molecule has 0 aromatic rings. The Morgan fingerprint density at radius 2 is 1.39 bits per heavy atom. The van der Waals surface area contributed by atoms with Crippen LogP contribution in [0, 0.1) is 0 Å². The van der Waals surface area contributed by atoms with Crippen molar-refractivity contribution in [3.63, 3.8) is 0 Å². The van der Waals surface area contributed by atoms with Crippen LogP contribution in [0.3, 0.4) is 0 Å². The van der Waals surface area contributed by atoms with E-state index in [1.807, 2.05) is 19.0 Å². The SMILES string of the molecule is CCCCCCCCOCCCCCCCCCO[C@H]1CC[C@@H](COC(=O)CCN(C)C)O1. The van der Waals surface area contributed by atoms with Crippen molar-refractivity contribution in [2.75, 3.05) is 47.1 Å². The highest BCUT2D eigenvalue weighted by atomic mass is 16.7. The van der Waals surface area contributed by atoms with Gasteiger partial charge in [-0.15, -0.1) is 0 Å². The molecule has 0 aromatic heterocycles. The summed E-state index contributed by atoms with van der Waals surface area (Å²) in [4.78, 5) is 13.7. The first-order valence-electron chi connectivity index (χ1n) is 13.8. The summed E-state index contributed by atoms with van der Waals surface area (Å²) in [7, 11) is 3.90. The maximum Gasteiger partial charge on any atom is 0.307 e. The third-order valence-electron chi connectivity index (χ3n) is 6.14. The molecule has 1 fully saturated rings. The number of ether oxygens (including phenoxy) is 4. The van der Waals surface area contributed by atoms with Crippen LogP contribution in [0.1, 0.15) is 110 Å². The quantitative estimate of drug-likeness (QED) is 0.132. The van der Waals surface area contributed by atoms with Crippen LogP contribution < -0.4 is 0 Å². The molecule has 2 atom stereocenters. The second-order valence-electron chi connectivity index (χ2n) is 9.73. The van der Waals surface area contributed by atoms with Gasteiger partial charge in [0, 0.05) is 32.8 Å². The molecular weight excluding hydrogens is 418 g/mol. The Labute approximate surface area is 204 Å². The Morgan fingerprint density at radius 3 is 2.00 bits per heavy atom. The molecule has 0 radical (unpaired) electrons. The molecule has 0 N–H and O–H groups in total. The minimum Gasteiger partial charge on any atom is -0.463 e. The predicted molar refractivity (Wildman–Crippen MR) is 134 cm³/mol. The summed E-state index contributed by atoms with van der Waals surface area (Å²) >= 11 is 0. The van der Waals surface area contributed by atoms with Crippen molar-refractivity contribution in [2.45, 2.75) is 122 Å². The van der Waals surface area contributed by atoms with Crippen LogP contribution in [0.5, 0.6) is 0 Å². The van der Waals surface area contributed by atoms with Gasteiger partial charge < -0.3 is 23.8 Å². The monoisotopic (exact) mass is 471 g/mol. The number of nitrogens with zero attached hydrogens (tertiary/aromatic N) is 1. The third kappa shape index (κ3) is 19.3. The number of esters is 1. The van der Waals surface area contributed by atoms with Crippen LogP contribution in [0.4, 0.5) is 0 Å². The van der Waals surface area contributed by atoms with E-state index in [2.05, 4.69) is 6.92 Å². The molecule has 1 aliphatic rings. The summed E-state index contributed by atoms with van der Waals surface area (Å²) in [6.45, 7) is 5.95. The Hall–Kier alpha value is -0.690. The molecule has 1 heterocycles. The van der Waals surface area contributed by atoms with Crippen LogP contribution in [0.2, 0.25) is 0 Å². The van der Waals surface area contributed by atoms with Gasteiger partial charge in [0.1, 0.15) is 6.61 Å².